The van der Waals surface area contributed by atoms with Gasteiger partial charge in [-0.05, 0) is 41.5 Å². The number of carbonyl (C=O) groups is 1. The van der Waals surface area contributed by atoms with Crippen molar-refractivity contribution in [2.24, 2.45) is 0 Å². The number of carbonyl (C=O) groups excluding carboxylic acids is 1. The number of alkyl halides is 2. The average Bonchev–Trinajstić information content (AvgIpc) is 3.51. The lowest BCUT2D eigenvalue weighted by Gasteiger charge is -2.15. The van der Waals surface area contributed by atoms with E-state index < -0.39 is 5.92 Å². The number of halogens is 2. The number of hydrogen-bond acceptors (Lipinski definition) is 5. The summed E-state index contributed by atoms with van der Waals surface area (Å²) >= 11 is 0. The van der Waals surface area contributed by atoms with Crippen LogP contribution in [0.5, 0.6) is 0 Å². The second-order valence-corrected chi connectivity index (χ2v) is 9.48. The van der Waals surface area contributed by atoms with Crippen LogP contribution in [0.25, 0.3) is 33.3 Å². The monoisotopic (exact) mass is 510 g/mol. The molecule has 2 N–H and O–H groups in total. The molecule has 1 saturated heterocycles. The minimum absolute atomic E-state index is 0.116. The summed E-state index contributed by atoms with van der Waals surface area (Å²) in [6.07, 6.45) is 4.93. The molecule has 5 aromatic rings. The number of anilines is 1. The molecule has 7 nitrogen and oxygen atoms in total. The number of aromatic amines is 1. The fourth-order valence-corrected chi connectivity index (χ4v) is 4.74. The molecule has 0 atom stereocenters. The largest absolute Gasteiger partial charge is 0.319 e. The first-order valence-corrected chi connectivity index (χ1v) is 12.3. The number of rotatable bonds is 6. The Labute approximate surface area is 217 Å². The van der Waals surface area contributed by atoms with Gasteiger partial charge in [0.05, 0.1) is 29.6 Å². The number of pyridine rings is 2. The van der Waals surface area contributed by atoms with E-state index in [0.29, 0.717) is 24.2 Å². The van der Waals surface area contributed by atoms with Crippen molar-refractivity contribution in [1.29, 1.82) is 0 Å². The first-order chi connectivity index (χ1) is 18.4. The fourth-order valence-electron chi connectivity index (χ4n) is 4.74. The Bertz CT molecular complexity index is 1600. The van der Waals surface area contributed by atoms with Gasteiger partial charge in [-0.3, -0.25) is 24.8 Å². The van der Waals surface area contributed by atoms with Crippen LogP contribution in [-0.4, -0.2) is 50.0 Å². The highest BCUT2D eigenvalue weighted by molar-refractivity contribution is 6.11. The predicted octanol–water partition coefficient (Wildman–Crippen LogP) is 5.78. The van der Waals surface area contributed by atoms with E-state index in [1.165, 1.54) is 0 Å². The molecule has 1 aliphatic rings. The van der Waals surface area contributed by atoms with Crippen LogP contribution in [0.4, 0.5) is 14.5 Å². The van der Waals surface area contributed by atoms with Gasteiger partial charge in [0.1, 0.15) is 0 Å². The van der Waals surface area contributed by atoms with Gasteiger partial charge in [0.15, 0.2) is 5.69 Å². The first-order valence-electron chi connectivity index (χ1n) is 12.3. The van der Waals surface area contributed by atoms with Crippen molar-refractivity contribution < 1.29 is 13.6 Å². The van der Waals surface area contributed by atoms with Crippen LogP contribution in [0.1, 0.15) is 22.5 Å². The summed E-state index contributed by atoms with van der Waals surface area (Å²) in [5.74, 6) is -2.99. The lowest BCUT2D eigenvalue weighted by atomic mass is 10.0. The lowest BCUT2D eigenvalue weighted by Crippen LogP contribution is -2.24. The number of H-pyrrole nitrogens is 1. The number of aromatic nitrogens is 4. The molecule has 38 heavy (non-hydrogen) atoms. The molecule has 9 heteroatoms. The smallest absolute Gasteiger partial charge is 0.276 e. The van der Waals surface area contributed by atoms with E-state index in [1.54, 1.807) is 29.6 Å². The molecule has 0 bridgehead atoms. The van der Waals surface area contributed by atoms with Crippen LogP contribution in [0.2, 0.25) is 0 Å². The molecule has 190 valence electrons. The highest BCUT2D eigenvalue weighted by atomic mass is 19.3. The Kier molecular flexibility index (Phi) is 6.13. The summed E-state index contributed by atoms with van der Waals surface area (Å²) in [4.78, 5) is 23.6. The quantitative estimate of drug-likeness (QED) is 0.302. The molecular formula is C29H24F2N6O. The summed E-state index contributed by atoms with van der Waals surface area (Å²) in [6.45, 7) is 0.539. The van der Waals surface area contributed by atoms with Gasteiger partial charge in [-0.1, -0.05) is 36.4 Å². The van der Waals surface area contributed by atoms with Crippen LogP contribution >= 0.6 is 0 Å². The van der Waals surface area contributed by atoms with Crippen LogP contribution in [0.15, 0.2) is 85.3 Å². The van der Waals surface area contributed by atoms with Crippen LogP contribution < -0.4 is 5.32 Å². The molecule has 1 amide bonds. The Morgan fingerprint density at radius 2 is 1.84 bits per heavy atom. The Hall–Kier alpha value is -4.50. The molecule has 2 aromatic carbocycles. The van der Waals surface area contributed by atoms with Crippen molar-refractivity contribution in [3.8, 4) is 22.4 Å². The predicted molar refractivity (Wildman–Crippen MR) is 142 cm³/mol. The normalized spacial score (nSPS) is 15.1. The van der Waals surface area contributed by atoms with Crippen LogP contribution in [-0.2, 0) is 6.54 Å². The van der Waals surface area contributed by atoms with Gasteiger partial charge in [0.25, 0.3) is 11.8 Å². The van der Waals surface area contributed by atoms with E-state index in [-0.39, 0.29) is 24.6 Å². The van der Waals surface area contributed by atoms with Crippen LogP contribution in [0.3, 0.4) is 0 Å². The van der Waals surface area contributed by atoms with Gasteiger partial charge in [-0.15, -0.1) is 0 Å². The Balaban J connectivity index is 1.21. The maximum atomic E-state index is 13.6. The summed E-state index contributed by atoms with van der Waals surface area (Å²) in [7, 11) is 0. The number of hydrogen-bond donors (Lipinski definition) is 2. The van der Waals surface area contributed by atoms with Crippen molar-refractivity contribution in [3.63, 3.8) is 0 Å². The average molecular weight is 511 g/mol. The summed E-state index contributed by atoms with van der Waals surface area (Å²) < 4.78 is 27.2. The van der Waals surface area contributed by atoms with Crippen LogP contribution in [0, 0.1) is 0 Å². The Morgan fingerprint density at radius 1 is 0.974 bits per heavy atom. The zero-order chi connectivity index (χ0) is 26.1. The van der Waals surface area contributed by atoms with E-state index >= 15 is 0 Å². The third kappa shape index (κ3) is 5.01. The third-order valence-electron chi connectivity index (χ3n) is 6.65. The minimum atomic E-state index is -2.63. The van der Waals surface area contributed by atoms with E-state index in [0.717, 1.165) is 33.5 Å². The summed E-state index contributed by atoms with van der Waals surface area (Å²) in [5, 5.41) is 10.7. The molecular weight excluding hydrogens is 486 g/mol. The minimum Gasteiger partial charge on any atom is -0.319 e. The van der Waals surface area contributed by atoms with Crippen molar-refractivity contribution in [1.82, 2.24) is 25.1 Å². The number of nitrogens with one attached hydrogen (secondary N) is 2. The standard InChI is InChI=1S/C29H24F2N6O/c30-29(31)10-11-37(18-29)17-19-12-22(15-32-14-19)21-6-8-26-24(13-21)27(36-35-26)28(38)34-23-7-9-25(33-16-23)20-4-2-1-3-5-20/h1-9,12-16H,10-11,17-18H2,(H,34,38)(H,35,36). The van der Waals surface area contributed by atoms with E-state index in [2.05, 4.69) is 25.5 Å². The molecule has 0 saturated carbocycles. The molecule has 3 aromatic heterocycles. The summed E-state index contributed by atoms with van der Waals surface area (Å²) in [6, 6.07) is 21.1. The molecule has 6 rings (SSSR count). The van der Waals surface area contributed by atoms with Crippen molar-refractivity contribution >= 4 is 22.5 Å². The molecule has 0 aliphatic carbocycles. The van der Waals surface area contributed by atoms with E-state index in [9.17, 15) is 13.6 Å². The zero-order valence-electron chi connectivity index (χ0n) is 20.4. The second-order valence-electron chi connectivity index (χ2n) is 9.48. The highest BCUT2D eigenvalue weighted by Gasteiger charge is 2.37. The number of amides is 1. The van der Waals surface area contributed by atoms with Gasteiger partial charge in [0.2, 0.25) is 0 Å². The second kappa shape index (κ2) is 9.75. The van der Waals surface area contributed by atoms with E-state index in [1.807, 2.05) is 60.7 Å². The molecule has 0 unspecified atom stereocenters. The molecule has 1 aliphatic heterocycles. The van der Waals surface area contributed by atoms with Crippen molar-refractivity contribution in [2.45, 2.75) is 18.9 Å². The third-order valence-corrected chi connectivity index (χ3v) is 6.65. The van der Waals surface area contributed by atoms with Crippen molar-refractivity contribution in [2.75, 3.05) is 18.4 Å². The lowest BCUT2D eigenvalue weighted by molar-refractivity contribution is 0.0115. The number of benzene rings is 2. The first kappa shape index (κ1) is 23.9. The molecule has 0 spiro atoms. The molecule has 4 heterocycles. The maximum Gasteiger partial charge on any atom is 0.276 e. The number of likely N-dealkylation sites (tertiary alicyclic amines) is 1. The van der Waals surface area contributed by atoms with Crippen molar-refractivity contribution in [3.05, 3.63) is 96.6 Å². The van der Waals surface area contributed by atoms with Gasteiger partial charge in [0, 0.05) is 48.4 Å². The zero-order valence-corrected chi connectivity index (χ0v) is 20.4. The topological polar surface area (TPSA) is 86.8 Å². The van der Waals surface area contributed by atoms with Gasteiger partial charge < -0.3 is 5.32 Å². The molecule has 1 fully saturated rings. The highest BCUT2D eigenvalue weighted by Crippen LogP contribution is 2.30. The number of fused-ring (bicyclic) bond motifs is 1. The SMILES string of the molecule is O=C(Nc1ccc(-c2ccccc2)nc1)c1n[nH]c2ccc(-c3cncc(CN4CCC(F)(F)C4)c3)cc12. The molecule has 0 radical (unpaired) electrons. The Morgan fingerprint density at radius 3 is 2.61 bits per heavy atom. The van der Waals surface area contributed by atoms with Gasteiger partial charge in [-0.25, -0.2) is 8.78 Å². The summed E-state index contributed by atoms with van der Waals surface area (Å²) in [5.41, 5.74) is 5.90. The number of nitrogens with zero attached hydrogens (tertiary/aromatic N) is 4. The maximum absolute atomic E-state index is 13.6. The van der Waals surface area contributed by atoms with Gasteiger partial charge in [-0.2, -0.15) is 5.10 Å². The van der Waals surface area contributed by atoms with E-state index in [4.69, 9.17) is 0 Å². The van der Waals surface area contributed by atoms with Gasteiger partial charge >= 0.3 is 0 Å². The fraction of sp³-hybridized carbons (Fsp3) is 0.172.